The molecule has 0 spiro atoms. The molecule has 2 N–H and O–H groups in total. The Hall–Kier alpha value is -1.62. The maximum absolute atomic E-state index is 13.2. The molecular weight excluding hydrogens is 275 g/mol. The quantitative estimate of drug-likeness (QED) is 0.873. The highest BCUT2D eigenvalue weighted by Crippen LogP contribution is 2.19. The maximum atomic E-state index is 13.2. The van der Waals surface area contributed by atoms with Gasteiger partial charge in [-0.3, -0.25) is 4.79 Å². The molecule has 1 amide bonds. The first kappa shape index (κ1) is 10.9. The van der Waals surface area contributed by atoms with Gasteiger partial charge < -0.3 is 10.3 Å². The van der Waals surface area contributed by atoms with Crippen molar-refractivity contribution in [3.05, 3.63) is 52.5 Å². The first-order valence-corrected chi connectivity index (χ1v) is 5.36. The normalized spacial score (nSPS) is 10.1. The number of carbonyl (C=O) groups is 1. The van der Waals surface area contributed by atoms with Gasteiger partial charge in [0.25, 0.3) is 5.91 Å². The Morgan fingerprint density at radius 2 is 2.19 bits per heavy atom. The second-order valence-corrected chi connectivity index (χ2v) is 4.02. The standard InChI is InChI=1S/C11H8BrFN2O/c12-8-4-3-7(6-9(8)13)15-11(16)10-2-1-5-14-10/h1-6,14H,(H,15,16). The molecule has 0 radical (unpaired) electrons. The lowest BCUT2D eigenvalue weighted by Gasteiger charge is -2.04. The highest BCUT2D eigenvalue weighted by Gasteiger charge is 2.07. The molecule has 2 rings (SSSR count). The molecule has 2 aromatic rings. The van der Waals surface area contributed by atoms with E-state index in [0.717, 1.165) is 0 Å². The molecule has 0 saturated carbocycles. The van der Waals surface area contributed by atoms with Crippen LogP contribution >= 0.6 is 15.9 Å². The van der Waals surface area contributed by atoms with E-state index < -0.39 is 5.82 Å². The molecule has 0 saturated heterocycles. The van der Waals surface area contributed by atoms with Gasteiger partial charge in [0, 0.05) is 11.9 Å². The lowest BCUT2D eigenvalue weighted by molar-refractivity contribution is 0.102. The highest BCUT2D eigenvalue weighted by atomic mass is 79.9. The van der Waals surface area contributed by atoms with Crippen molar-refractivity contribution >= 4 is 27.5 Å². The van der Waals surface area contributed by atoms with Crippen molar-refractivity contribution in [2.24, 2.45) is 0 Å². The van der Waals surface area contributed by atoms with E-state index in [4.69, 9.17) is 0 Å². The zero-order valence-corrected chi connectivity index (χ0v) is 9.71. The van der Waals surface area contributed by atoms with Gasteiger partial charge in [-0.25, -0.2) is 4.39 Å². The topological polar surface area (TPSA) is 44.9 Å². The van der Waals surface area contributed by atoms with E-state index in [1.807, 2.05) is 0 Å². The average molecular weight is 283 g/mol. The van der Waals surface area contributed by atoms with E-state index in [-0.39, 0.29) is 5.91 Å². The first-order chi connectivity index (χ1) is 7.66. The van der Waals surface area contributed by atoms with Gasteiger partial charge >= 0.3 is 0 Å². The lowest BCUT2D eigenvalue weighted by atomic mass is 10.3. The number of benzene rings is 1. The highest BCUT2D eigenvalue weighted by molar-refractivity contribution is 9.10. The van der Waals surface area contributed by atoms with Crippen molar-refractivity contribution in [1.29, 1.82) is 0 Å². The second kappa shape index (κ2) is 4.49. The lowest BCUT2D eigenvalue weighted by Crippen LogP contribution is -2.12. The van der Waals surface area contributed by atoms with E-state index in [9.17, 15) is 9.18 Å². The molecule has 0 aliphatic heterocycles. The molecule has 82 valence electrons. The zero-order chi connectivity index (χ0) is 11.5. The molecule has 1 aromatic carbocycles. The summed E-state index contributed by atoms with van der Waals surface area (Å²) in [6, 6.07) is 7.78. The fourth-order valence-electron chi connectivity index (χ4n) is 1.24. The van der Waals surface area contributed by atoms with E-state index in [1.165, 1.54) is 6.07 Å². The van der Waals surface area contributed by atoms with Crippen LogP contribution in [0.3, 0.4) is 0 Å². The number of nitrogens with one attached hydrogen (secondary N) is 2. The van der Waals surface area contributed by atoms with Crippen LogP contribution in [0.15, 0.2) is 41.0 Å². The van der Waals surface area contributed by atoms with Gasteiger partial charge in [0.1, 0.15) is 11.5 Å². The fraction of sp³-hybridized carbons (Fsp3) is 0. The SMILES string of the molecule is O=C(Nc1ccc(Br)c(F)c1)c1ccc[nH]1. The molecule has 0 aliphatic rings. The monoisotopic (exact) mass is 282 g/mol. The van der Waals surface area contributed by atoms with E-state index in [2.05, 4.69) is 26.2 Å². The van der Waals surface area contributed by atoms with E-state index in [1.54, 1.807) is 30.5 Å². The van der Waals surface area contributed by atoms with Crippen LogP contribution in [0.4, 0.5) is 10.1 Å². The molecule has 0 unspecified atom stereocenters. The van der Waals surface area contributed by atoms with Crippen LogP contribution in [0.2, 0.25) is 0 Å². The Bertz CT molecular complexity index is 511. The second-order valence-electron chi connectivity index (χ2n) is 3.17. The van der Waals surface area contributed by atoms with Gasteiger partial charge in [-0.2, -0.15) is 0 Å². The van der Waals surface area contributed by atoms with Crippen molar-refractivity contribution in [1.82, 2.24) is 4.98 Å². The minimum absolute atomic E-state index is 0.299. The van der Waals surface area contributed by atoms with Crippen molar-refractivity contribution < 1.29 is 9.18 Å². The Morgan fingerprint density at radius 3 is 2.81 bits per heavy atom. The smallest absolute Gasteiger partial charge is 0.272 e. The van der Waals surface area contributed by atoms with Gasteiger partial charge in [0.15, 0.2) is 0 Å². The molecule has 0 atom stereocenters. The number of amides is 1. The summed E-state index contributed by atoms with van der Waals surface area (Å²) in [5.41, 5.74) is 0.851. The van der Waals surface area contributed by atoms with Crippen LogP contribution in [-0.2, 0) is 0 Å². The number of halogens is 2. The van der Waals surface area contributed by atoms with Crippen LogP contribution in [-0.4, -0.2) is 10.9 Å². The van der Waals surface area contributed by atoms with E-state index >= 15 is 0 Å². The summed E-state index contributed by atoms with van der Waals surface area (Å²) in [6.07, 6.45) is 1.65. The van der Waals surface area contributed by atoms with Crippen LogP contribution in [0.25, 0.3) is 0 Å². The molecule has 0 fully saturated rings. The number of H-pyrrole nitrogens is 1. The summed E-state index contributed by atoms with van der Waals surface area (Å²) in [6.45, 7) is 0. The number of hydrogen-bond donors (Lipinski definition) is 2. The largest absolute Gasteiger partial charge is 0.357 e. The molecule has 1 aromatic heterocycles. The minimum atomic E-state index is -0.413. The van der Waals surface area contributed by atoms with Crippen molar-refractivity contribution in [2.75, 3.05) is 5.32 Å². The number of carbonyl (C=O) groups excluding carboxylic acids is 1. The van der Waals surface area contributed by atoms with Gasteiger partial charge in [-0.05, 0) is 46.3 Å². The van der Waals surface area contributed by atoms with Gasteiger partial charge in [0.2, 0.25) is 0 Å². The minimum Gasteiger partial charge on any atom is -0.357 e. The molecule has 1 heterocycles. The summed E-state index contributed by atoms with van der Waals surface area (Å²) < 4.78 is 13.5. The third-order valence-electron chi connectivity index (χ3n) is 2.02. The summed E-state index contributed by atoms with van der Waals surface area (Å²) in [5, 5.41) is 2.58. The third-order valence-corrected chi connectivity index (χ3v) is 2.66. The van der Waals surface area contributed by atoms with Crippen LogP contribution in [0, 0.1) is 5.82 Å². The zero-order valence-electron chi connectivity index (χ0n) is 8.13. The summed E-state index contributed by atoms with van der Waals surface area (Å²) >= 11 is 3.04. The fourth-order valence-corrected chi connectivity index (χ4v) is 1.49. The summed E-state index contributed by atoms with van der Waals surface area (Å²) in [4.78, 5) is 14.4. The van der Waals surface area contributed by atoms with Crippen molar-refractivity contribution in [2.45, 2.75) is 0 Å². The summed E-state index contributed by atoms with van der Waals surface area (Å²) in [7, 11) is 0. The third kappa shape index (κ3) is 2.30. The predicted molar refractivity (Wildman–Crippen MR) is 62.8 cm³/mol. The average Bonchev–Trinajstić information content (AvgIpc) is 2.77. The van der Waals surface area contributed by atoms with Gasteiger partial charge in [0.05, 0.1) is 4.47 Å². The number of hydrogen-bond acceptors (Lipinski definition) is 1. The number of rotatable bonds is 2. The molecule has 3 nitrogen and oxygen atoms in total. The number of aromatic amines is 1. The van der Waals surface area contributed by atoms with Crippen LogP contribution in [0.1, 0.15) is 10.5 Å². The summed E-state index contributed by atoms with van der Waals surface area (Å²) in [5.74, 6) is -0.712. The predicted octanol–water partition coefficient (Wildman–Crippen LogP) is 3.17. The number of aromatic nitrogens is 1. The molecular formula is C11H8BrFN2O. The Labute approximate surface area is 99.8 Å². The molecule has 5 heteroatoms. The van der Waals surface area contributed by atoms with Crippen LogP contribution in [0.5, 0.6) is 0 Å². The first-order valence-electron chi connectivity index (χ1n) is 4.56. The van der Waals surface area contributed by atoms with E-state index in [0.29, 0.717) is 15.9 Å². The Balaban J connectivity index is 2.15. The molecule has 0 aliphatic carbocycles. The van der Waals surface area contributed by atoms with Crippen molar-refractivity contribution in [3.63, 3.8) is 0 Å². The Kier molecular flexibility index (Phi) is 3.05. The van der Waals surface area contributed by atoms with Gasteiger partial charge in [-0.1, -0.05) is 0 Å². The van der Waals surface area contributed by atoms with Gasteiger partial charge in [-0.15, -0.1) is 0 Å². The number of anilines is 1. The van der Waals surface area contributed by atoms with Crippen molar-refractivity contribution in [3.8, 4) is 0 Å². The van der Waals surface area contributed by atoms with Crippen LogP contribution < -0.4 is 5.32 Å². The molecule has 0 bridgehead atoms. The maximum Gasteiger partial charge on any atom is 0.272 e. The Morgan fingerprint density at radius 1 is 1.38 bits per heavy atom. The molecule has 16 heavy (non-hydrogen) atoms.